The second kappa shape index (κ2) is 7.29. The van der Waals surface area contributed by atoms with E-state index < -0.39 is 6.04 Å². The molecule has 0 bridgehead atoms. The number of halogens is 1. The highest BCUT2D eigenvalue weighted by Crippen LogP contribution is 2.35. The summed E-state index contributed by atoms with van der Waals surface area (Å²) in [6, 6.07) is 4.51. The number of hydrogen-bond donors (Lipinski definition) is 1. The fourth-order valence-electron chi connectivity index (χ4n) is 3.55. The molecule has 2 aromatic heterocycles. The number of benzene rings is 1. The maximum atomic E-state index is 13.1. The van der Waals surface area contributed by atoms with Crippen LogP contribution in [-0.2, 0) is 17.6 Å². The van der Waals surface area contributed by atoms with Gasteiger partial charge in [-0.05, 0) is 62.3 Å². The van der Waals surface area contributed by atoms with Crippen molar-refractivity contribution in [3.05, 3.63) is 49.6 Å². The molecular weight excluding hydrogens is 396 g/mol. The normalized spacial score (nSPS) is 17.4. The van der Waals surface area contributed by atoms with Crippen LogP contribution in [0.15, 0.2) is 23.0 Å². The van der Waals surface area contributed by atoms with Gasteiger partial charge < -0.3 is 5.32 Å². The van der Waals surface area contributed by atoms with Crippen LogP contribution in [-0.4, -0.2) is 20.9 Å². The molecule has 146 valence electrons. The largest absolute Gasteiger partial charge is 0.324 e. The number of aryl methyl sites for hydroxylation is 2. The monoisotopic (exact) mass is 416 g/mol. The van der Waals surface area contributed by atoms with Gasteiger partial charge in [0.1, 0.15) is 6.04 Å². The van der Waals surface area contributed by atoms with Crippen molar-refractivity contribution in [2.75, 3.05) is 5.32 Å². The number of hydrogen-bond acceptors (Lipinski definition) is 5. The Balaban J connectivity index is 1.66. The van der Waals surface area contributed by atoms with Crippen LogP contribution in [0.3, 0.4) is 0 Å². The minimum absolute atomic E-state index is 0.248. The third-order valence-electron chi connectivity index (χ3n) is 5.33. The van der Waals surface area contributed by atoms with E-state index in [2.05, 4.69) is 22.6 Å². The summed E-state index contributed by atoms with van der Waals surface area (Å²) >= 11 is 7.67. The van der Waals surface area contributed by atoms with E-state index in [9.17, 15) is 9.59 Å². The van der Waals surface area contributed by atoms with Crippen molar-refractivity contribution >= 4 is 44.7 Å². The van der Waals surface area contributed by atoms with Crippen molar-refractivity contribution in [3.8, 4) is 0 Å². The van der Waals surface area contributed by atoms with Crippen LogP contribution in [0.5, 0.6) is 0 Å². The lowest BCUT2D eigenvalue weighted by Gasteiger charge is -2.17. The van der Waals surface area contributed by atoms with Gasteiger partial charge in [-0.25, -0.2) is 0 Å². The standard InChI is InChI=1S/C20H21ClN4O2S/c1-10-4-7-14-16(8-10)28-19-17(14)20(27)25(24-23-19)12(3)18(26)22-13-6-5-11(2)15(21)9-13/h5-6,9-10,12H,4,7-8H2,1-3H3,(H,22,26)/t10-,12+/m1/s1. The summed E-state index contributed by atoms with van der Waals surface area (Å²) in [5.41, 5.74) is 2.35. The van der Waals surface area contributed by atoms with Crippen LogP contribution in [0.4, 0.5) is 5.69 Å². The highest BCUT2D eigenvalue weighted by atomic mass is 35.5. The lowest BCUT2D eigenvalue weighted by atomic mass is 9.89. The molecule has 1 aliphatic rings. The molecule has 0 saturated heterocycles. The van der Waals surface area contributed by atoms with Crippen LogP contribution < -0.4 is 10.9 Å². The molecule has 28 heavy (non-hydrogen) atoms. The van der Waals surface area contributed by atoms with Crippen LogP contribution in [0.2, 0.25) is 5.02 Å². The Morgan fingerprint density at radius 2 is 2.21 bits per heavy atom. The Morgan fingerprint density at radius 1 is 1.43 bits per heavy atom. The van der Waals surface area contributed by atoms with E-state index >= 15 is 0 Å². The molecule has 0 radical (unpaired) electrons. The van der Waals surface area contributed by atoms with Gasteiger partial charge in [0, 0.05) is 15.6 Å². The average Bonchev–Trinajstić information content (AvgIpc) is 3.02. The number of nitrogens with one attached hydrogen (secondary N) is 1. The third-order valence-corrected chi connectivity index (χ3v) is 6.88. The van der Waals surface area contributed by atoms with Gasteiger partial charge in [0.05, 0.1) is 5.39 Å². The van der Waals surface area contributed by atoms with Crippen molar-refractivity contribution < 1.29 is 4.79 Å². The van der Waals surface area contributed by atoms with E-state index in [4.69, 9.17) is 11.6 Å². The first-order chi connectivity index (χ1) is 13.3. The predicted molar refractivity (Wildman–Crippen MR) is 112 cm³/mol. The Morgan fingerprint density at radius 3 is 2.96 bits per heavy atom. The zero-order valence-corrected chi connectivity index (χ0v) is 17.5. The van der Waals surface area contributed by atoms with E-state index in [1.54, 1.807) is 30.4 Å². The highest BCUT2D eigenvalue weighted by Gasteiger charge is 2.26. The zero-order valence-electron chi connectivity index (χ0n) is 16.0. The first kappa shape index (κ1) is 19.1. The maximum Gasteiger partial charge on any atom is 0.279 e. The quantitative estimate of drug-likeness (QED) is 0.696. The summed E-state index contributed by atoms with van der Waals surface area (Å²) in [6.45, 7) is 5.76. The number of nitrogens with zero attached hydrogens (tertiary/aromatic N) is 3. The molecule has 2 heterocycles. The summed E-state index contributed by atoms with van der Waals surface area (Å²) < 4.78 is 1.18. The molecule has 0 spiro atoms. The Kier molecular flexibility index (Phi) is 4.97. The van der Waals surface area contributed by atoms with Gasteiger partial charge in [0.2, 0.25) is 5.91 Å². The van der Waals surface area contributed by atoms with Gasteiger partial charge >= 0.3 is 0 Å². The summed E-state index contributed by atoms with van der Waals surface area (Å²) in [4.78, 5) is 27.7. The van der Waals surface area contributed by atoms with E-state index in [1.807, 2.05) is 13.0 Å². The number of rotatable bonds is 3. The smallest absolute Gasteiger partial charge is 0.279 e. The summed E-state index contributed by atoms with van der Waals surface area (Å²) in [6.07, 6.45) is 2.91. The summed E-state index contributed by atoms with van der Waals surface area (Å²) in [5.74, 6) is 0.273. The molecule has 4 rings (SSSR count). The van der Waals surface area contributed by atoms with Gasteiger partial charge in [-0.1, -0.05) is 29.8 Å². The molecule has 0 saturated carbocycles. The molecule has 2 atom stereocenters. The number of aromatic nitrogens is 3. The van der Waals surface area contributed by atoms with Crippen molar-refractivity contribution in [3.63, 3.8) is 0 Å². The average molecular weight is 417 g/mol. The Hall–Kier alpha value is -2.25. The Bertz CT molecular complexity index is 1140. The molecule has 1 amide bonds. The first-order valence-electron chi connectivity index (χ1n) is 9.32. The lowest BCUT2D eigenvalue weighted by Crippen LogP contribution is -2.34. The Labute approximate surface area is 171 Å². The highest BCUT2D eigenvalue weighted by molar-refractivity contribution is 7.18. The van der Waals surface area contributed by atoms with E-state index in [0.717, 1.165) is 30.4 Å². The number of carbonyl (C=O) groups is 1. The number of thiophene rings is 1. The number of carbonyl (C=O) groups excluding carboxylic acids is 1. The van der Waals surface area contributed by atoms with Crippen molar-refractivity contribution in [1.29, 1.82) is 0 Å². The molecule has 1 aliphatic carbocycles. The molecule has 6 nitrogen and oxygen atoms in total. The number of amides is 1. The third kappa shape index (κ3) is 3.33. The maximum absolute atomic E-state index is 13.1. The number of fused-ring (bicyclic) bond motifs is 3. The second-order valence-corrected chi connectivity index (χ2v) is 8.99. The van der Waals surface area contributed by atoms with Gasteiger partial charge in [-0.3, -0.25) is 9.59 Å². The molecular formula is C20H21ClN4O2S. The molecule has 1 aromatic carbocycles. The molecule has 3 aromatic rings. The van der Waals surface area contributed by atoms with E-state index in [-0.39, 0.29) is 11.5 Å². The van der Waals surface area contributed by atoms with Crippen molar-refractivity contribution in [2.24, 2.45) is 5.92 Å². The SMILES string of the molecule is Cc1ccc(NC(=O)[C@H](C)n2nnc3sc4c(c3c2=O)CC[C@@H](C)C4)cc1Cl. The van der Waals surface area contributed by atoms with Gasteiger partial charge in [0.15, 0.2) is 4.83 Å². The summed E-state index contributed by atoms with van der Waals surface area (Å²) in [7, 11) is 0. The van der Waals surface area contributed by atoms with Crippen LogP contribution in [0.1, 0.15) is 42.3 Å². The van der Waals surface area contributed by atoms with Gasteiger partial charge in [0.25, 0.3) is 5.56 Å². The van der Waals surface area contributed by atoms with E-state index in [1.165, 1.54) is 9.56 Å². The minimum Gasteiger partial charge on any atom is -0.324 e. The molecule has 0 unspecified atom stereocenters. The predicted octanol–water partition coefficient (Wildman–Crippen LogP) is 4.14. The fourth-order valence-corrected chi connectivity index (χ4v) is 5.05. The van der Waals surface area contributed by atoms with Crippen molar-refractivity contribution in [2.45, 2.75) is 46.1 Å². The van der Waals surface area contributed by atoms with Crippen LogP contribution >= 0.6 is 22.9 Å². The lowest BCUT2D eigenvalue weighted by molar-refractivity contribution is -0.119. The topological polar surface area (TPSA) is 76.9 Å². The first-order valence-corrected chi connectivity index (χ1v) is 10.5. The zero-order chi connectivity index (χ0) is 20.0. The second-order valence-electron chi connectivity index (χ2n) is 7.50. The summed E-state index contributed by atoms with van der Waals surface area (Å²) in [5, 5.41) is 12.3. The minimum atomic E-state index is -0.789. The molecule has 0 fully saturated rings. The van der Waals surface area contributed by atoms with Crippen molar-refractivity contribution in [1.82, 2.24) is 15.0 Å². The van der Waals surface area contributed by atoms with Gasteiger partial charge in [-0.15, -0.1) is 16.4 Å². The molecule has 0 aliphatic heterocycles. The van der Waals surface area contributed by atoms with Crippen LogP contribution in [0.25, 0.3) is 10.2 Å². The molecule has 1 N–H and O–H groups in total. The van der Waals surface area contributed by atoms with E-state index in [0.29, 0.717) is 26.8 Å². The number of anilines is 1. The van der Waals surface area contributed by atoms with Crippen LogP contribution in [0, 0.1) is 12.8 Å². The fraction of sp³-hybridized carbons (Fsp3) is 0.400. The molecule has 8 heteroatoms. The van der Waals surface area contributed by atoms with Gasteiger partial charge in [-0.2, -0.15) is 4.68 Å².